The third kappa shape index (κ3) is 3.58. The van der Waals surface area contributed by atoms with Gasteiger partial charge < -0.3 is 15.0 Å². The summed E-state index contributed by atoms with van der Waals surface area (Å²) in [5.41, 5.74) is 15.2. The minimum Gasteiger partial charge on any atom is -0.368 e. The van der Waals surface area contributed by atoms with Gasteiger partial charge in [-0.1, -0.05) is 42.0 Å². The van der Waals surface area contributed by atoms with Crippen LogP contribution in [0.4, 0.5) is 5.69 Å². The first-order valence-electron chi connectivity index (χ1n) is 10.9. The fourth-order valence-corrected chi connectivity index (χ4v) is 4.63. The van der Waals surface area contributed by atoms with Gasteiger partial charge in [-0.2, -0.15) is 5.26 Å². The van der Waals surface area contributed by atoms with Crippen LogP contribution in [0.3, 0.4) is 0 Å². The molecule has 1 fully saturated rings. The number of nitrogens with two attached hydrogens (primary N) is 1. The number of anilines is 1. The fourth-order valence-electron chi connectivity index (χ4n) is 4.63. The zero-order chi connectivity index (χ0) is 21.4. The molecule has 3 heterocycles. The van der Waals surface area contributed by atoms with E-state index in [0.29, 0.717) is 5.56 Å². The highest BCUT2D eigenvalue weighted by Gasteiger charge is 2.22. The number of piperidine rings is 1. The van der Waals surface area contributed by atoms with Crippen molar-refractivity contribution in [3.8, 4) is 28.5 Å². The average molecular weight is 407 g/mol. The molecule has 1 saturated heterocycles. The molecule has 1 aliphatic heterocycles. The first kappa shape index (κ1) is 19.4. The number of nitriles is 1. The Hall–Kier alpha value is -3.55. The second-order valence-electron chi connectivity index (χ2n) is 8.46. The van der Waals surface area contributed by atoms with Gasteiger partial charge in [0.2, 0.25) is 0 Å². The van der Waals surface area contributed by atoms with Gasteiger partial charge in [0.1, 0.15) is 0 Å². The molecule has 1 aliphatic rings. The zero-order valence-corrected chi connectivity index (χ0v) is 17.8. The molecule has 0 saturated carbocycles. The van der Waals surface area contributed by atoms with Crippen molar-refractivity contribution >= 4 is 11.2 Å². The molecular weight excluding hydrogens is 380 g/mol. The van der Waals surface area contributed by atoms with Crippen LogP contribution in [0.5, 0.6) is 0 Å². The summed E-state index contributed by atoms with van der Waals surface area (Å²) in [6, 6.07) is 25.6. The van der Waals surface area contributed by atoms with E-state index in [4.69, 9.17) is 5.73 Å². The predicted molar refractivity (Wildman–Crippen MR) is 127 cm³/mol. The van der Waals surface area contributed by atoms with Crippen LogP contribution < -0.4 is 10.6 Å². The summed E-state index contributed by atoms with van der Waals surface area (Å²) >= 11 is 0. The van der Waals surface area contributed by atoms with E-state index in [1.165, 1.54) is 33.6 Å². The van der Waals surface area contributed by atoms with E-state index in [-0.39, 0.29) is 6.04 Å². The third-order valence-electron chi connectivity index (χ3n) is 6.24. The van der Waals surface area contributed by atoms with Crippen LogP contribution in [0.2, 0.25) is 0 Å². The predicted octanol–water partition coefficient (Wildman–Crippen LogP) is 5.38. The zero-order valence-electron chi connectivity index (χ0n) is 17.8. The van der Waals surface area contributed by atoms with E-state index in [2.05, 4.69) is 71.0 Å². The van der Waals surface area contributed by atoms with Crippen LogP contribution in [-0.4, -0.2) is 23.5 Å². The summed E-state index contributed by atoms with van der Waals surface area (Å²) in [5, 5.41) is 9.20. The normalized spacial score (nSPS) is 16.4. The maximum atomic E-state index is 9.20. The van der Waals surface area contributed by atoms with E-state index in [1.54, 1.807) is 0 Å². The highest BCUT2D eigenvalue weighted by atomic mass is 15.2. The van der Waals surface area contributed by atoms with Crippen molar-refractivity contribution in [3.63, 3.8) is 0 Å². The molecule has 4 heteroatoms. The van der Waals surface area contributed by atoms with Gasteiger partial charge in [0, 0.05) is 30.9 Å². The quantitative estimate of drug-likeness (QED) is 0.497. The second-order valence-corrected chi connectivity index (χ2v) is 8.46. The number of aromatic nitrogens is 1. The molecule has 5 rings (SSSR count). The Bertz CT molecular complexity index is 1260. The van der Waals surface area contributed by atoms with Crippen LogP contribution in [0.1, 0.15) is 24.0 Å². The summed E-state index contributed by atoms with van der Waals surface area (Å²) in [6.45, 7) is 4.03. The maximum absolute atomic E-state index is 9.20. The van der Waals surface area contributed by atoms with Crippen molar-refractivity contribution < 1.29 is 0 Å². The first-order chi connectivity index (χ1) is 15.1. The van der Waals surface area contributed by atoms with Crippen LogP contribution in [0.25, 0.3) is 27.9 Å². The average Bonchev–Trinajstić information content (AvgIpc) is 3.19. The number of hydrogen-bond donors (Lipinski definition) is 1. The second kappa shape index (κ2) is 7.94. The smallest absolute Gasteiger partial charge is 0.0991 e. The maximum Gasteiger partial charge on any atom is 0.0991 e. The van der Waals surface area contributed by atoms with Crippen molar-refractivity contribution in [1.29, 1.82) is 5.26 Å². The highest BCUT2D eigenvalue weighted by Crippen LogP contribution is 2.39. The van der Waals surface area contributed by atoms with Gasteiger partial charge >= 0.3 is 0 Å². The molecule has 2 aromatic heterocycles. The number of aryl methyl sites for hydroxylation is 1. The molecule has 0 aliphatic carbocycles. The lowest BCUT2D eigenvalue weighted by molar-refractivity contribution is 0.506. The fraction of sp³-hybridized carbons (Fsp3) is 0.222. The number of fused-ring (bicyclic) bond motifs is 1. The van der Waals surface area contributed by atoms with Gasteiger partial charge in [-0.25, -0.2) is 0 Å². The molecule has 1 atom stereocenters. The lowest BCUT2D eigenvalue weighted by Crippen LogP contribution is -2.42. The summed E-state index contributed by atoms with van der Waals surface area (Å²) in [5.74, 6) is 0. The number of nitrogens with zero attached hydrogens (tertiary/aromatic N) is 3. The van der Waals surface area contributed by atoms with Crippen LogP contribution >= 0.6 is 0 Å². The number of pyridine rings is 1. The first-order valence-corrected chi connectivity index (χ1v) is 10.9. The Kier molecular flexibility index (Phi) is 4.97. The SMILES string of the molecule is Cc1ccc(-c2c(-c3ccc(C#N)cc3)cc3c(N4CCC[C@@H](N)C4)cccn23)cc1. The summed E-state index contributed by atoms with van der Waals surface area (Å²) in [4.78, 5) is 2.42. The van der Waals surface area contributed by atoms with Crippen molar-refractivity contribution in [2.45, 2.75) is 25.8 Å². The van der Waals surface area contributed by atoms with Gasteiger partial charge in [-0.05, 0) is 61.2 Å². The minimum absolute atomic E-state index is 0.221. The Labute approximate surface area is 183 Å². The number of benzene rings is 2. The van der Waals surface area contributed by atoms with Gasteiger partial charge in [0.25, 0.3) is 0 Å². The van der Waals surface area contributed by atoms with Crippen LogP contribution in [0.15, 0.2) is 72.9 Å². The molecule has 4 aromatic rings. The van der Waals surface area contributed by atoms with Gasteiger partial charge in [0.05, 0.1) is 28.5 Å². The summed E-state index contributed by atoms with van der Waals surface area (Å²) in [7, 11) is 0. The van der Waals surface area contributed by atoms with Crippen molar-refractivity contribution in [3.05, 3.63) is 84.1 Å². The van der Waals surface area contributed by atoms with Gasteiger partial charge in [-0.15, -0.1) is 0 Å². The largest absolute Gasteiger partial charge is 0.368 e. The Balaban J connectivity index is 1.74. The Morgan fingerprint density at radius 2 is 1.74 bits per heavy atom. The number of hydrogen-bond acceptors (Lipinski definition) is 3. The third-order valence-corrected chi connectivity index (χ3v) is 6.24. The van der Waals surface area contributed by atoms with E-state index < -0.39 is 0 Å². The van der Waals surface area contributed by atoms with E-state index in [0.717, 1.165) is 31.5 Å². The molecule has 0 amide bonds. The molecule has 0 spiro atoms. The van der Waals surface area contributed by atoms with Crippen molar-refractivity contribution in [2.24, 2.45) is 5.73 Å². The summed E-state index contributed by atoms with van der Waals surface area (Å²) in [6.07, 6.45) is 4.35. The van der Waals surface area contributed by atoms with Gasteiger partial charge in [0.15, 0.2) is 0 Å². The molecule has 31 heavy (non-hydrogen) atoms. The van der Waals surface area contributed by atoms with E-state index >= 15 is 0 Å². The van der Waals surface area contributed by atoms with Crippen LogP contribution in [-0.2, 0) is 0 Å². The molecule has 0 radical (unpaired) electrons. The van der Waals surface area contributed by atoms with Crippen molar-refractivity contribution in [2.75, 3.05) is 18.0 Å². The lowest BCUT2D eigenvalue weighted by Gasteiger charge is -2.33. The van der Waals surface area contributed by atoms with E-state index in [9.17, 15) is 5.26 Å². The lowest BCUT2D eigenvalue weighted by atomic mass is 10.00. The molecular formula is C27H26N4. The molecule has 0 bridgehead atoms. The molecule has 0 unspecified atom stereocenters. The molecule has 2 N–H and O–H groups in total. The molecule has 2 aromatic carbocycles. The standard InChI is InChI=1S/C27H26N4/c1-19-6-10-22(11-7-19)27-24(21-12-8-20(17-28)9-13-21)16-26-25(5-3-15-31(26)27)30-14-2-4-23(29)18-30/h3,5-13,15-16,23H,2,4,14,18,29H2,1H3/t23-/m1/s1. The van der Waals surface area contributed by atoms with Gasteiger partial charge in [-0.3, -0.25) is 0 Å². The highest BCUT2D eigenvalue weighted by molar-refractivity contribution is 5.91. The monoisotopic (exact) mass is 406 g/mol. The Morgan fingerprint density at radius 1 is 1.00 bits per heavy atom. The summed E-state index contributed by atoms with van der Waals surface area (Å²) < 4.78 is 2.30. The topological polar surface area (TPSA) is 57.5 Å². The Morgan fingerprint density at radius 3 is 2.45 bits per heavy atom. The van der Waals surface area contributed by atoms with Crippen molar-refractivity contribution in [1.82, 2.24) is 4.40 Å². The number of rotatable bonds is 3. The molecule has 4 nitrogen and oxygen atoms in total. The van der Waals surface area contributed by atoms with Crippen LogP contribution in [0, 0.1) is 18.3 Å². The van der Waals surface area contributed by atoms with E-state index in [1.807, 2.05) is 24.3 Å². The minimum atomic E-state index is 0.221. The molecule has 154 valence electrons.